The number of benzene rings is 1. The summed E-state index contributed by atoms with van der Waals surface area (Å²) >= 11 is 0. The van der Waals surface area contributed by atoms with Crippen LogP contribution in [0.5, 0.6) is 0 Å². The van der Waals surface area contributed by atoms with Gasteiger partial charge in [-0.1, -0.05) is 32.0 Å². The number of nitrogens with zero attached hydrogens (tertiary/aromatic N) is 1. The van der Waals surface area contributed by atoms with Crippen LogP contribution in [0.3, 0.4) is 0 Å². The lowest BCUT2D eigenvalue weighted by atomic mass is 9.39. The number of para-hydroxylation sites is 1. The maximum atomic E-state index is 13.0. The molecule has 0 N–H and O–H groups in total. The predicted molar refractivity (Wildman–Crippen MR) is 132 cm³/mol. The van der Waals surface area contributed by atoms with Crippen molar-refractivity contribution in [1.82, 2.24) is 4.57 Å². The van der Waals surface area contributed by atoms with Gasteiger partial charge in [-0.3, -0.25) is 9.59 Å². The fourth-order valence-corrected chi connectivity index (χ4v) is 10.0. The summed E-state index contributed by atoms with van der Waals surface area (Å²) in [6.07, 6.45) is 11.9. The molecular formula is C30H39NO2. The van der Waals surface area contributed by atoms with Crippen molar-refractivity contribution in [2.45, 2.75) is 84.0 Å². The van der Waals surface area contributed by atoms with Crippen LogP contribution in [0.15, 0.2) is 30.5 Å². The van der Waals surface area contributed by atoms with Crippen LogP contribution >= 0.6 is 0 Å². The zero-order valence-electron chi connectivity index (χ0n) is 20.8. The van der Waals surface area contributed by atoms with Gasteiger partial charge in [0.05, 0.1) is 0 Å². The second-order valence-corrected chi connectivity index (χ2v) is 12.6. The number of fused-ring (bicyclic) bond motifs is 6. The highest BCUT2D eigenvalue weighted by Gasteiger charge is 2.65. The first-order chi connectivity index (χ1) is 15.7. The molecule has 3 heteroatoms. The summed E-state index contributed by atoms with van der Waals surface area (Å²) in [5, 5.41) is 1.34. The molecule has 3 nitrogen and oxygen atoms in total. The first kappa shape index (κ1) is 21.6. The van der Waals surface area contributed by atoms with Gasteiger partial charge in [0.15, 0.2) is 0 Å². The molecule has 4 aliphatic carbocycles. The Morgan fingerprint density at radius 1 is 1.00 bits per heavy atom. The molecule has 0 saturated heterocycles. The molecule has 1 aromatic heterocycles. The molecule has 4 saturated carbocycles. The number of aromatic nitrogens is 1. The van der Waals surface area contributed by atoms with Crippen molar-refractivity contribution < 1.29 is 9.59 Å². The maximum absolute atomic E-state index is 13.0. The maximum Gasteiger partial charge on any atom is 0.133 e. The first-order valence-electron chi connectivity index (χ1n) is 13.3. The normalized spacial score (nSPS) is 42.6. The lowest BCUT2D eigenvalue weighted by Gasteiger charge is -2.65. The summed E-state index contributed by atoms with van der Waals surface area (Å²) in [4.78, 5) is 25.6. The second kappa shape index (κ2) is 7.06. The Kier molecular flexibility index (Phi) is 4.62. The standard InChI is InChI=1S/C30H39NO2/c1-19(32)23-9-10-24-21-12-16-30(26-18-31(4)27-8-6-5-7-22(26)27)17-20(33)11-15-29(30,3)25(21)13-14-28(23,24)2/h5-8,18,21,23-25H,9-17H2,1-4H3/t21-,23+,24-,25-,28+,29+,30-/m0/s1. The highest BCUT2D eigenvalue weighted by molar-refractivity contribution is 5.88. The van der Waals surface area contributed by atoms with Crippen LogP contribution in [0.2, 0.25) is 0 Å². The van der Waals surface area contributed by atoms with E-state index in [1.165, 1.54) is 42.1 Å². The molecule has 0 radical (unpaired) electrons. The molecule has 7 atom stereocenters. The quantitative estimate of drug-likeness (QED) is 0.521. The molecule has 1 heterocycles. The Hall–Kier alpha value is -1.90. The summed E-state index contributed by atoms with van der Waals surface area (Å²) in [6.45, 7) is 6.81. The van der Waals surface area contributed by atoms with Crippen LogP contribution in [0.1, 0.15) is 84.1 Å². The lowest BCUT2D eigenvalue weighted by Crippen LogP contribution is -2.60. The minimum atomic E-state index is -0.0588. The number of Topliss-reactive ketones (excluding diaryl/α,β-unsaturated/α-hetero) is 2. The number of carbonyl (C=O) groups excluding carboxylic acids is 2. The van der Waals surface area contributed by atoms with E-state index in [4.69, 9.17) is 0 Å². The summed E-state index contributed by atoms with van der Waals surface area (Å²) in [6, 6.07) is 8.77. The average molecular weight is 446 g/mol. The summed E-state index contributed by atoms with van der Waals surface area (Å²) in [7, 11) is 2.16. The van der Waals surface area contributed by atoms with Crippen LogP contribution in [-0.2, 0) is 22.1 Å². The molecule has 0 spiro atoms. The van der Waals surface area contributed by atoms with Crippen molar-refractivity contribution in [3.63, 3.8) is 0 Å². The Labute approximate surface area is 198 Å². The van der Waals surface area contributed by atoms with Gasteiger partial charge in [-0.15, -0.1) is 0 Å². The van der Waals surface area contributed by atoms with E-state index in [0.717, 1.165) is 25.7 Å². The number of hydrogen-bond acceptors (Lipinski definition) is 2. The molecule has 176 valence electrons. The Morgan fingerprint density at radius 2 is 1.79 bits per heavy atom. The summed E-state index contributed by atoms with van der Waals surface area (Å²) in [5.74, 6) is 3.15. The Bertz CT molecular complexity index is 1150. The van der Waals surface area contributed by atoms with Gasteiger partial charge in [0.25, 0.3) is 0 Å². The van der Waals surface area contributed by atoms with Crippen molar-refractivity contribution >= 4 is 22.5 Å². The predicted octanol–water partition coefficient (Wildman–Crippen LogP) is 6.62. The van der Waals surface area contributed by atoms with E-state index in [0.29, 0.717) is 35.7 Å². The van der Waals surface area contributed by atoms with Crippen molar-refractivity contribution in [3.8, 4) is 0 Å². The van der Waals surface area contributed by atoms with Crippen LogP contribution in [0, 0.1) is 34.5 Å². The van der Waals surface area contributed by atoms with Gasteiger partial charge in [0.1, 0.15) is 11.6 Å². The Morgan fingerprint density at radius 3 is 2.58 bits per heavy atom. The van der Waals surface area contributed by atoms with E-state index >= 15 is 0 Å². The monoisotopic (exact) mass is 445 g/mol. The van der Waals surface area contributed by atoms with Crippen LogP contribution < -0.4 is 0 Å². The number of ketones is 2. The third kappa shape index (κ3) is 2.68. The topological polar surface area (TPSA) is 39.1 Å². The zero-order chi connectivity index (χ0) is 23.2. The lowest BCUT2D eigenvalue weighted by molar-refractivity contribution is -0.149. The zero-order valence-corrected chi connectivity index (χ0v) is 20.8. The van der Waals surface area contributed by atoms with Crippen LogP contribution in [-0.4, -0.2) is 16.1 Å². The number of carbonyl (C=O) groups is 2. The van der Waals surface area contributed by atoms with Crippen LogP contribution in [0.4, 0.5) is 0 Å². The number of hydrogen-bond donors (Lipinski definition) is 0. The minimum absolute atomic E-state index is 0.0588. The van der Waals surface area contributed by atoms with E-state index in [1.807, 2.05) is 6.92 Å². The first-order valence-corrected chi connectivity index (χ1v) is 13.3. The van der Waals surface area contributed by atoms with E-state index in [2.05, 4.69) is 55.9 Å². The van der Waals surface area contributed by atoms with E-state index < -0.39 is 0 Å². The Balaban J connectivity index is 1.47. The van der Waals surface area contributed by atoms with Crippen LogP contribution in [0.25, 0.3) is 10.9 Å². The fraction of sp³-hybridized carbons (Fsp3) is 0.667. The third-order valence-electron chi connectivity index (χ3n) is 11.6. The number of aryl methyl sites for hydroxylation is 1. The molecular weight excluding hydrogens is 406 g/mol. The molecule has 2 aromatic rings. The summed E-state index contributed by atoms with van der Waals surface area (Å²) in [5.41, 5.74) is 2.98. The van der Waals surface area contributed by atoms with Crippen molar-refractivity contribution in [3.05, 3.63) is 36.0 Å². The van der Waals surface area contributed by atoms with Gasteiger partial charge in [0, 0.05) is 48.3 Å². The van der Waals surface area contributed by atoms with Gasteiger partial charge in [0.2, 0.25) is 0 Å². The van der Waals surface area contributed by atoms with Gasteiger partial charge in [-0.2, -0.15) is 0 Å². The highest BCUT2D eigenvalue weighted by Crippen LogP contribution is 2.71. The molecule has 4 aliphatic rings. The molecule has 6 rings (SSSR count). The average Bonchev–Trinajstić information content (AvgIpc) is 3.32. The van der Waals surface area contributed by atoms with E-state index in [1.54, 1.807) is 0 Å². The largest absolute Gasteiger partial charge is 0.350 e. The van der Waals surface area contributed by atoms with Gasteiger partial charge >= 0.3 is 0 Å². The smallest absolute Gasteiger partial charge is 0.133 e. The summed E-state index contributed by atoms with van der Waals surface area (Å²) < 4.78 is 2.28. The molecule has 1 aromatic carbocycles. The van der Waals surface area contributed by atoms with Gasteiger partial charge in [-0.05, 0) is 92.1 Å². The van der Waals surface area contributed by atoms with Crippen molar-refractivity contribution in [2.24, 2.45) is 41.5 Å². The minimum Gasteiger partial charge on any atom is -0.350 e. The molecule has 33 heavy (non-hydrogen) atoms. The number of rotatable bonds is 2. The molecule has 4 fully saturated rings. The fourth-order valence-electron chi connectivity index (χ4n) is 10.0. The highest BCUT2D eigenvalue weighted by atomic mass is 16.1. The van der Waals surface area contributed by atoms with Crippen molar-refractivity contribution in [1.29, 1.82) is 0 Å². The molecule has 0 unspecified atom stereocenters. The second-order valence-electron chi connectivity index (χ2n) is 12.6. The van der Waals surface area contributed by atoms with Crippen molar-refractivity contribution in [2.75, 3.05) is 0 Å². The van der Waals surface area contributed by atoms with Gasteiger partial charge < -0.3 is 4.57 Å². The van der Waals surface area contributed by atoms with E-state index in [9.17, 15) is 9.59 Å². The molecule has 0 aliphatic heterocycles. The SMILES string of the molecule is CC(=O)[C@H]1CC[C@H]2[C@@H]3CC[C@@]4(c5cn(C)c6ccccc56)CC(=O)CC[C@]4(C)[C@H]3CC[C@]12C. The molecule has 0 amide bonds. The third-order valence-corrected chi connectivity index (χ3v) is 11.6. The van der Waals surface area contributed by atoms with E-state index in [-0.39, 0.29) is 22.2 Å². The molecule has 0 bridgehead atoms. The van der Waals surface area contributed by atoms with Gasteiger partial charge in [-0.25, -0.2) is 0 Å².